The molecule has 0 aromatic carbocycles. The van der Waals surface area contributed by atoms with Crippen LogP contribution in [0.25, 0.3) is 0 Å². The van der Waals surface area contributed by atoms with Crippen LogP contribution in [0.1, 0.15) is 19.8 Å². The molecule has 1 saturated heterocycles. The summed E-state index contributed by atoms with van der Waals surface area (Å²) in [6.07, 6.45) is 2.10. The summed E-state index contributed by atoms with van der Waals surface area (Å²) in [6.45, 7) is 3.32. The van der Waals surface area contributed by atoms with Crippen LogP contribution in [-0.4, -0.2) is 37.5 Å². The Kier molecular flexibility index (Phi) is 4.39. The number of rotatable bonds is 3. The van der Waals surface area contributed by atoms with E-state index in [0.29, 0.717) is 0 Å². The zero-order valence-electron chi connectivity index (χ0n) is 8.43. The predicted octanol–water partition coefficient (Wildman–Crippen LogP) is -1.01. The van der Waals surface area contributed by atoms with Crippen molar-refractivity contribution >= 4 is 11.8 Å². The van der Waals surface area contributed by atoms with Gasteiger partial charge in [0.05, 0.1) is 6.54 Å². The quantitative estimate of drug-likeness (QED) is 0.545. The first-order chi connectivity index (χ1) is 6.68. The maximum Gasteiger partial charge on any atom is 0.239 e. The fraction of sp³-hybridized carbons (Fsp3) is 0.778. The average molecular weight is 199 g/mol. The van der Waals surface area contributed by atoms with E-state index in [1.807, 2.05) is 0 Å². The standard InChI is InChI=1S/C9H17N3O2/c1-7(13)11-6-9(14)12-8-3-2-4-10-5-8/h8,10H,2-6H2,1H3,(H,11,13)(H,12,14)/t8-/m1/s1. The van der Waals surface area contributed by atoms with Crippen molar-refractivity contribution in [3.8, 4) is 0 Å². The van der Waals surface area contributed by atoms with Crippen molar-refractivity contribution in [2.24, 2.45) is 0 Å². The predicted molar refractivity (Wildman–Crippen MR) is 52.7 cm³/mol. The first-order valence-corrected chi connectivity index (χ1v) is 4.93. The molecule has 0 spiro atoms. The van der Waals surface area contributed by atoms with Crippen LogP contribution in [0.15, 0.2) is 0 Å². The molecule has 1 aliphatic rings. The number of amides is 2. The van der Waals surface area contributed by atoms with E-state index in [0.717, 1.165) is 25.9 Å². The van der Waals surface area contributed by atoms with E-state index in [4.69, 9.17) is 0 Å². The number of hydrogen-bond donors (Lipinski definition) is 3. The molecule has 5 nitrogen and oxygen atoms in total. The third kappa shape index (κ3) is 4.23. The molecule has 3 N–H and O–H groups in total. The molecular formula is C9H17N3O2. The van der Waals surface area contributed by atoms with Crippen molar-refractivity contribution in [1.29, 1.82) is 0 Å². The lowest BCUT2D eigenvalue weighted by atomic mass is 10.1. The van der Waals surface area contributed by atoms with Gasteiger partial charge < -0.3 is 16.0 Å². The maximum absolute atomic E-state index is 11.3. The minimum atomic E-state index is -0.179. The third-order valence-electron chi connectivity index (χ3n) is 2.16. The second-order valence-corrected chi connectivity index (χ2v) is 3.52. The summed E-state index contributed by atoms with van der Waals surface area (Å²) in [5.41, 5.74) is 0. The van der Waals surface area contributed by atoms with Gasteiger partial charge in [-0.3, -0.25) is 9.59 Å². The molecule has 0 aromatic rings. The molecule has 0 aliphatic carbocycles. The van der Waals surface area contributed by atoms with Crippen LogP contribution >= 0.6 is 0 Å². The summed E-state index contributed by atoms with van der Waals surface area (Å²) in [5, 5.41) is 8.52. The first kappa shape index (κ1) is 11.0. The SMILES string of the molecule is CC(=O)NCC(=O)N[C@@H]1CCCNC1. The van der Waals surface area contributed by atoms with E-state index in [1.54, 1.807) is 0 Å². The number of carbonyl (C=O) groups excluding carboxylic acids is 2. The monoisotopic (exact) mass is 199 g/mol. The van der Waals surface area contributed by atoms with Gasteiger partial charge >= 0.3 is 0 Å². The highest BCUT2D eigenvalue weighted by Crippen LogP contribution is 2.00. The highest BCUT2D eigenvalue weighted by molar-refractivity contribution is 5.83. The molecule has 1 aliphatic heterocycles. The number of piperidine rings is 1. The Morgan fingerprint density at radius 1 is 1.50 bits per heavy atom. The normalized spacial score (nSPS) is 21.4. The minimum Gasteiger partial charge on any atom is -0.351 e. The highest BCUT2D eigenvalue weighted by Gasteiger charge is 2.14. The molecule has 1 heterocycles. The minimum absolute atomic E-state index is 0.0752. The molecule has 5 heteroatoms. The van der Waals surface area contributed by atoms with E-state index in [-0.39, 0.29) is 24.4 Å². The Labute approximate surface area is 83.6 Å². The van der Waals surface area contributed by atoms with Crippen LogP contribution in [0.4, 0.5) is 0 Å². The van der Waals surface area contributed by atoms with Gasteiger partial charge in [0.25, 0.3) is 0 Å². The van der Waals surface area contributed by atoms with Crippen LogP contribution < -0.4 is 16.0 Å². The zero-order chi connectivity index (χ0) is 10.4. The molecule has 0 radical (unpaired) electrons. The Bertz CT molecular complexity index is 212. The van der Waals surface area contributed by atoms with E-state index in [2.05, 4.69) is 16.0 Å². The van der Waals surface area contributed by atoms with E-state index in [9.17, 15) is 9.59 Å². The molecule has 1 rings (SSSR count). The Balaban J connectivity index is 2.15. The largest absolute Gasteiger partial charge is 0.351 e. The first-order valence-electron chi connectivity index (χ1n) is 4.93. The smallest absolute Gasteiger partial charge is 0.239 e. The molecule has 80 valence electrons. The van der Waals surface area contributed by atoms with E-state index in [1.165, 1.54) is 6.92 Å². The van der Waals surface area contributed by atoms with Crippen LogP contribution in [-0.2, 0) is 9.59 Å². The topological polar surface area (TPSA) is 70.2 Å². The van der Waals surface area contributed by atoms with Crippen LogP contribution in [0.2, 0.25) is 0 Å². The second kappa shape index (κ2) is 5.59. The molecule has 0 bridgehead atoms. The number of carbonyl (C=O) groups is 2. The fourth-order valence-corrected chi connectivity index (χ4v) is 1.46. The van der Waals surface area contributed by atoms with Gasteiger partial charge in [-0.1, -0.05) is 0 Å². The summed E-state index contributed by atoms with van der Waals surface area (Å²) in [4.78, 5) is 21.8. The van der Waals surface area contributed by atoms with Gasteiger partial charge in [-0.05, 0) is 19.4 Å². The Hall–Kier alpha value is -1.10. The molecule has 0 aromatic heterocycles. The number of hydrogen-bond acceptors (Lipinski definition) is 3. The summed E-state index contributed by atoms with van der Waals surface area (Å²) in [6, 6.07) is 0.213. The molecule has 1 atom stereocenters. The highest BCUT2D eigenvalue weighted by atomic mass is 16.2. The van der Waals surface area contributed by atoms with Gasteiger partial charge in [0.1, 0.15) is 0 Å². The van der Waals surface area contributed by atoms with Crippen LogP contribution in [0.3, 0.4) is 0 Å². The van der Waals surface area contributed by atoms with Gasteiger partial charge in [0.2, 0.25) is 11.8 Å². The van der Waals surface area contributed by atoms with Crippen molar-refractivity contribution in [3.63, 3.8) is 0 Å². The van der Waals surface area contributed by atoms with Crippen molar-refractivity contribution in [2.45, 2.75) is 25.8 Å². The third-order valence-corrected chi connectivity index (χ3v) is 2.16. The van der Waals surface area contributed by atoms with E-state index >= 15 is 0 Å². The van der Waals surface area contributed by atoms with Gasteiger partial charge in [-0.2, -0.15) is 0 Å². The van der Waals surface area contributed by atoms with Gasteiger partial charge in [-0.25, -0.2) is 0 Å². The molecule has 0 saturated carbocycles. The lowest BCUT2D eigenvalue weighted by Gasteiger charge is -2.23. The van der Waals surface area contributed by atoms with E-state index < -0.39 is 0 Å². The van der Waals surface area contributed by atoms with Crippen molar-refractivity contribution in [3.05, 3.63) is 0 Å². The Morgan fingerprint density at radius 2 is 2.29 bits per heavy atom. The summed E-state index contributed by atoms with van der Waals surface area (Å²) < 4.78 is 0. The summed E-state index contributed by atoms with van der Waals surface area (Å²) in [7, 11) is 0. The molecule has 1 fully saturated rings. The lowest BCUT2D eigenvalue weighted by molar-refractivity contribution is -0.125. The molecule has 2 amide bonds. The molecule has 0 unspecified atom stereocenters. The lowest BCUT2D eigenvalue weighted by Crippen LogP contribution is -2.48. The molecular weight excluding hydrogens is 182 g/mol. The van der Waals surface area contributed by atoms with Crippen molar-refractivity contribution in [2.75, 3.05) is 19.6 Å². The fourth-order valence-electron chi connectivity index (χ4n) is 1.46. The zero-order valence-corrected chi connectivity index (χ0v) is 8.43. The van der Waals surface area contributed by atoms with Gasteiger partial charge in [-0.15, -0.1) is 0 Å². The molecule has 14 heavy (non-hydrogen) atoms. The Morgan fingerprint density at radius 3 is 2.86 bits per heavy atom. The summed E-state index contributed by atoms with van der Waals surface area (Å²) >= 11 is 0. The number of nitrogens with one attached hydrogen (secondary N) is 3. The van der Waals surface area contributed by atoms with Gasteiger partial charge in [0, 0.05) is 19.5 Å². The van der Waals surface area contributed by atoms with Crippen LogP contribution in [0.5, 0.6) is 0 Å². The van der Waals surface area contributed by atoms with Crippen molar-refractivity contribution < 1.29 is 9.59 Å². The second-order valence-electron chi connectivity index (χ2n) is 3.52. The average Bonchev–Trinajstić information content (AvgIpc) is 2.16. The van der Waals surface area contributed by atoms with Crippen LogP contribution in [0, 0.1) is 0 Å². The van der Waals surface area contributed by atoms with Gasteiger partial charge in [0.15, 0.2) is 0 Å². The maximum atomic E-state index is 11.3. The summed E-state index contributed by atoms with van der Waals surface area (Å²) in [5.74, 6) is -0.296. The van der Waals surface area contributed by atoms with Crippen molar-refractivity contribution in [1.82, 2.24) is 16.0 Å².